The van der Waals surface area contributed by atoms with Crippen molar-refractivity contribution in [1.82, 2.24) is 9.88 Å². The van der Waals surface area contributed by atoms with Crippen LogP contribution in [0.2, 0.25) is 0 Å². The summed E-state index contributed by atoms with van der Waals surface area (Å²) in [5.41, 5.74) is 1.51. The van der Waals surface area contributed by atoms with E-state index in [0.29, 0.717) is 29.8 Å². The molecule has 0 saturated heterocycles. The largest absolute Gasteiger partial charge is 0.497 e. The Balaban J connectivity index is 1.52. The molecule has 1 aliphatic rings. The topological polar surface area (TPSA) is 68.7 Å². The van der Waals surface area contributed by atoms with Crippen LogP contribution in [0.1, 0.15) is 27.7 Å². The van der Waals surface area contributed by atoms with E-state index in [1.54, 1.807) is 54.8 Å². The van der Waals surface area contributed by atoms with E-state index in [1.807, 2.05) is 17.5 Å². The Morgan fingerprint density at radius 1 is 1.29 bits per heavy atom. The molecule has 0 radical (unpaired) electrons. The van der Waals surface area contributed by atoms with Crippen molar-refractivity contribution in [3.8, 4) is 5.75 Å². The first kappa shape index (κ1) is 18.4. The van der Waals surface area contributed by atoms with Gasteiger partial charge in [0.2, 0.25) is 0 Å². The fourth-order valence-corrected chi connectivity index (χ4v) is 4.32. The van der Waals surface area contributed by atoms with Gasteiger partial charge in [0.1, 0.15) is 5.75 Å². The Hall–Kier alpha value is -2.93. The summed E-state index contributed by atoms with van der Waals surface area (Å²) >= 11 is 1.72. The van der Waals surface area contributed by atoms with E-state index in [4.69, 9.17) is 9.47 Å². The Labute approximate surface area is 166 Å². The molecule has 1 amide bonds. The van der Waals surface area contributed by atoms with E-state index in [2.05, 4.69) is 4.98 Å². The highest BCUT2D eigenvalue weighted by Crippen LogP contribution is 2.27. The van der Waals surface area contributed by atoms with Crippen LogP contribution < -0.4 is 4.74 Å². The molecule has 1 aliphatic heterocycles. The lowest BCUT2D eigenvalue weighted by molar-refractivity contribution is -0.140. The van der Waals surface area contributed by atoms with E-state index in [9.17, 15) is 9.59 Å². The molecule has 0 fully saturated rings. The van der Waals surface area contributed by atoms with Crippen LogP contribution in [0, 0.1) is 0 Å². The first-order valence-corrected chi connectivity index (χ1v) is 9.91. The number of aromatic nitrogens is 1. The lowest BCUT2D eigenvalue weighted by Gasteiger charge is -2.29. The standard InChI is InChI=1S/C21H20N2O4S/c1-13(20(24)23-7-4-19-15(12-23)5-8-28-19)27-21(25)17-10-16(26-2)9-14-3-6-22-11-18(14)17/h3,5-6,8-11,13H,4,7,12H2,1-2H3. The van der Waals surface area contributed by atoms with Gasteiger partial charge >= 0.3 is 5.97 Å². The third-order valence-electron chi connectivity index (χ3n) is 4.94. The van der Waals surface area contributed by atoms with Crippen LogP contribution in [0.3, 0.4) is 0 Å². The minimum atomic E-state index is -0.870. The van der Waals surface area contributed by atoms with Crippen molar-refractivity contribution < 1.29 is 19.1 Å². The van der Waals surface area contributed by atoms with Gasteiger partial charge in [-0.1, -0.05) is 0 Å². The number of hydrogen-bond acceptors (Lipinski definition) is 6. The number of benzene rings is 1. The lowest BCUT2D eigenvalue weighted by atomic mass is 10.1. The number of nitrogens with zero attached hydrogens (tertiary/aromatic N) is 2. The van der Waals surface area contributed by atoms with Crippen molar-refractivity contribution >= 4 is 34.0 Å². The molecule has 4 rings (SSSR count). The number of esters is 1. The number of amides is 1. The summed E-state index contributed by atoms with van der Waals surface area (Å²) in [6.07, 6.45) is 3.23. The number of hydrogen-bond donors (Lipinski definition) is 0. The fourth-order valence-electron chi connectivity index (χ4n) is 3.43. The van der Waals surface area contributed by atoms with Crippen LogP contribution in [0.15, 0.2) is 42.0 Å². The molecule has 7 heteroatoms. The predicted octanol–water partition coefficient (Wildman–Crippen LogP) is 3.44. The molecule has 0 bridgehead atoms. The van der Waals surface area contributed by atoms with Crippen LogP contribution in [0.25, 0.3) is 10.8 Å². The molecule has 1 aromatic carbocycles. The van der Waals surface area contributed by atoms with Crippen molar-refractivity contribution in [3.63, 3.8) is 0 Å². The average Bonchev–Trinajstić information content (AvgIpc) is 3.20. The first-order valence-electron chi connectivity index (χ1n) is 9.03. The molecule has 1 atom stereocenters. The summed E-state index contributed by atoms with van der Waals surface area (Å²) in [6.45, 7) is 2.82. The summed E-state index contributed by atoms with van der Waals surface area (Å²) in [5.74, 6) is -0.202. The van der Waals surface area contributed by atoms with E-state index in [0.717, 1.165) is 11.8 Å². The van der Waals surface area contributed by atoms with E-state index >= 15 is 0 Å². The number of thiophene rings is 1. The smallest absolute Gasteiger partial charge is 0.339 e. The SMILES string of the molecule is COc1cc(C(=O)OC(C)C(=O)N2CCc3sccc3C2)c2cnccc2c1. The molecule has 2 aromatic heterocycles. The van der Waals surface area contributed by atoms with Crippen LogP contribution in [0.5, 0.6) is 5.75 Å². The van der Waals surface area contributed by atoms with E-state index in [1.165, 1.54) is 10.4 Å². The number of rotatable bonds is 4. The van der Waals surface area contributed by atoms with Crippen LogP contribution in [-0.4, -0.2) is 41.5 Å². The summed E-state index contributed by atoms with van der Waals surface area (Å²) in [7, 11) is 1.54. The molecule has 3 aromatic rings. The first-order chi connectivity index (χ1) is 13.6. The van der Waals surface area contributed by atoms with E-state index in [-0.39, 0.29) is 5.91 Å². The van der Waals surface area contributed by atoms with Crippen LogP contribution in [0.4, 0.5) is 0 Å². The maximum atomic E-state index is 12.8. The number of pyridine rings is 1. The highest BCUT2D eigenvalue weighted by atomic mass is 32.1. The second kappa shape index (κ2) is 7.59. The summed E-state index contributed by atoms with van der Waals surface area (Å²) < 4.78 is 10.8. The van der Waals surface area contributed by atoms with Gasteiger partial charge in [0.25, 0.3) is 5.91 Å². The normalized spacial score (nSPS) is 14.4. The molecule has 0 aliphatic carbocycles. The highest BCUT2D eigenvalue weighted by Gasteiger charge is 2.28. The van der Waals surface area contributed by atoms with Gasteiger partial charge in [0.15, 0.2) is 6.10 Å². The zero-order valence-corrected chi connectivity index (χ0v) is 16.5. The summed E-state index contributed by atoms with van der Waals surface area (Å²) in [5, 5.41) is 3.53. The monoisotopic (exact) mass is 396 g/mol. The second-order valence-electron chi connectivity index (χ2n) is 6.70. The second-order valence-corrected chi connectivity index (χ2v) is 7.70. The number of carbonyl (C=O) groups is 2. The molecule has 6 nitrogen and oxygen atoms in total. The number of fused-ring (bicyclic) bond motifs is 2. The quantitative estimate of drug-likeness (QED) is 0.632. The third kappa shape index (κ3) is 3.45. The van der Waals surface area contributed by atoms with Gasteiger partial charge in [-0.05, 0) is 53.9 Å². The van der Waals surface area contributed by atoms with Gasteiger partial charge in [-0.15, -0.1) is 11.3 Å². The summed E-state index contributed by atoms with van der Waals surface area (Å²) in [4.78, 5) is 32.8. The van der Waals surface area contributed by atoms with Gasteiger partial charge in [0.05, 0.1) is 12.7 Å². The minimum absolute atomic E-state index is 0.185. The minimum Gasteiger partial charge on any atom is -0.497 e. The third-order valence-corrected chi connectivity index (χ3v) is 5.96. The lowest BCUT2D eigenvalue weighted by Crippen LogP contribution is -2.42. The molecule has 144 valence electrons. The van der Waals surface area contributed by atoms with Gasteiger partial charge in [0, 0.05) is 35.7 Å². The highest BCUT2D eigenvalue weighted by molar-refractivity contribution is 7.10. The molecule has 1 unspecified atom stereocenters. The molecule has 0 saturated carbocycles. The van der Waals surface area contributed by atoms with Crippen LogP contribution in [-0.2, 0) is 22.5 Å². The van der Waals surface area contributed by atoms with Crippen molar-refractivity contribution in [3.05, 3.63) is 58.0 Å². The van der Waals surface area contributed by atoms with Crippen molar-refractivity contribution in [2.24, 2.45) is 0 Å². The summed E-state index contributed by atoms with van der Waals surface area (Å²) in [6, 6.07) is 7.29. The Bertz CT molecular complexity index is 1050. The molecular weight excluding hydrogens is 376 g/mol. The van der Waals surface area contributed by atoms with E-state index < -0.39 is 12.1 Å². The zero-order valence-electron chi connectivity index (χ0n) is 15.7. The average molecular weight is 396 g/mol. The molecule has 28 heavy (non-hydrogen) atoms. The van der Waals surface area contributed by atoms with Crippen molar-refractivity contribution in [2.75, 3.05) is 13.7 Å². The van der Waals surface area contributed by atoms with Gasteiger partial charge < -0.3 is 14.4 Å². The van der Waals surface area contributed by atoms with Gasteiger partial charge in [-0.25, -0.2) is 4.79 Å². The van der Waals surface area contributed by atoms with Gasteiger partial charge in [-0.3, -0.25) is 9.78 Å². The number of carbonyl (C=O) groups excluding carboxylic acids is 2. The molecule has 0 N–H and O–H groups in total. The zero-order chi connectivity index (χ0) is 19.7. The maximum absolute atomic E-state index is 12.8. The molecular formula is C21H20N2O4S. The maximum Gasteiger partial charge on any atom is 0.339 e. The number of ether oxygens (including phenoxy) is 2. The van der Waals surface area contributed by atoms with Gasteiger partial charge in [-0.2, -0.15) is 0 Å². The Kier molecular flexibility index (Phi) is 5.00. The Morgan fingerprint density at radius 2 is 2.14 bits per heavy atom. The van der Waals surface area contributed by atoms with Crippen molar-refractivity contribution in [2.45, 2.75) is 26.0 Å². The predicted molar refractivity (Wildman–Crippen MR) is 107 cm³/mol. The fraction of sp³-hybridized carbons (Fsp3) is 0.286. The van der Waals surface area contributed by atoms with Crippen molar-refractivity contribution in [1.29, 1.82) is 0 Å². The molecule has 0 spiro atoms. The molecule has 3 heterocycles. The van der Waals surface area contributed by atoms with Crippen LogP contribution >= 0.6 is 11.3 Å². The Morgan fingerprint density at radius 3 is 2.96 bits per heavy atom. The number of methoxy groups -OCH3 is 1.